The molecule has 3 aromatic rings. The van der Waals surface area contributed by atoms with Crippen molar-refractivity contribution in [2.45, 2.75) is 51.1 Å². The number of likely N-dealkylation sites (N-methyl/N-ethyl adjacent to an activating group) is 1. The standard InChI is InChI=1S/C29H38N4O2S/c1-30-11-13-31(14-12-30)15-16-32-17-18-33-24-19-25(29(34)35)36-28(24)26(21-7-3-2-4-8-21)27(33)23-10-6-5-9-22(23)20-32/h5-6,9-10,19,21H,2-4,7-8,11-18,20H2,1H3,(H,34,35). The topological polar surface area (TPSA) is 52.0 Å². The molecule has 1 saturated carbocycles. The number of hydrogen-bond donors (Lipinski definition) is 1. The Hall–Kier alpha value is -2.19. The van der Waals surface area contributed by atoms with Crippen molar-refractivity contribution in [3.63, 3.8) is 0 Å². The number of carboxylic acids is 1. The Kier molecular flexibility index (Phi) is 6.90. The predicted molar refractivity (Wildman–Crippen MR) is 147 cm³/mol. The largest absolute Gasteiger partial charge is 0.477 e. The summed E-state index contributed by atoms with van der Waals surface area (Å²) in [7, 11) is 2.21. The molecule has 0 atom stereocenters. The molecule has 1 aromatic carbocycles. The molecule has 3 aliphatic rings. The lowest BCUT2D eigenvalue weighted by molar-refractivity contribution is 0.0702. The number of thiophene rings is 1. The Morgan fingerprint density at radius 3 is 2.47 bits per heavy atom. The van der Waals surface area contributed by atoms with E-state index >= 15 is 0 Å². The first kappa shape index (κ1) is 24.2. The van der Waals surface area contributed by atoms with Gasteiger partial charge in [0, 0.05) is 64.5 Å². The number of aromatic nitrogens is 1. The molecular weight excluding hydrogens is 468 g/mol. The van der Waals surface area contributed by atoms with E-state index in [2.05, 4.69) is 50.6 Å². The molecule has 0 spiro atoms. The number of nitrogens with zero attached hydrogens (tertiary/aromatic N) is 4. The van der Waals surface area contributed by atoms with Gasteiger partial charge in [-0.05, 0) is 43.0 Å². The van der Waals surface area contributed by atoms with Crippen LogP contribution in [0.1, 0.15) is 58.8 Å². The van der Waals surface area contributed by atoms with Gasteiger partial charge in [0.2, 0.25) is 0 Å². The van der Waals surface area contributed by atoms with Gasteiger partial charge in [0.05, 0.1) is 15.9 Å². The van der Waals surface area contributed by atoms with Crippen LogP contribution in [-0.2, 0) is 13.1 Å². The van der Waals surface area contributed by atoms with Crippen LogP contribution in [0.4, 0.5) is 0 Å². The van der Waals surface area contributed by atoms with Crippen molar-refractivity contribution >= 4 is 27.5 Å². The summed E-state index contributed by atoms with van der Waals surface area (Å²) in [5, 5.41) is 9.81. The van der Waals surface area contributed by atoms with Crippen LogP contribution in [0.2, 0.25) is 0 Å². The minimum Gasteiger partial charge on any atom is -0.477 e. The number of hydrogen-bond acceptors (Lipinski definition) is 5. The number of carbonyl (C=O) groups is 1. The smallest absolute Gasteiger partial charge is 0.345 e. The summed E-state index contributed by atoms with van der Waals surface area (Å²) < 4.78 is 3.69. The number of benzene rings is 1. The summed E-state index contributed by atoms with van der Waals surface area (Å²) >= 11 is 1.49. The zero-order valence-corrected chi connectivity index (χ0v) is 22.2. The maximum absolute atomic E-state index is 11.9. The minimum atomic E-state index is -0.805. The molecule has 7 heteroatoms. The van der Waals surface area contributed by atoms with Gasteiger partial charge >= 0.3 is 5.97 Å². The first-order chi connectivity index (χ1) is 17.6. The third-order valence-corrected chi connectivity index (χ3v) is 9.78. The minimum absolute atomic E-state index is 0.467. The summed E-state index contributed by atoms with van der Waals surface area (Å²) in [5.41, 5.74) is 6.68. The number of rotatable bonds is 5. The molecule has 1 saturated heterocycles. The molecule has 2 aromatic heterocycles. The van der Waals surface area contributed by atoms with Crippen molar-refractivity contribution in [2.24, 2.45) is 0 Å². The highest BCUT2D eigenvalue weighted by molar-refractivity contribution is 7.21. The van der Waals surface area contributed by atoms with Crippen LogP contribution in [0.5, 0.6) is 0 Å². The molecule has 192 valence electrons. The molecule has 2 aliphatic heterocycles. The summed E-state index contributed by atoms with van der Waals surface area (Å²) in [6.07, 6.45) is 6.29. The van der Waals surface area contributed by atoms with Gasteiger partial charge in [0.1, 0.15) is 4.88 Å². The van der Waals surface area contributed by atoms with Gasteiger partial charge in [-0.3, -0.25) is 9.80 Å². The van der Waals surface area contributed by atoms with Gasteiger partial charge in [-0.15, -0.1) is 11.3 Å². The highest BCUT2D eigenvalue weighted by Crippen LogP contribution is 2.47. The van der Waals surface area contributed by atoms with Crippen LogP contribution in [0.3, 0.4) is 0 Å². The van der Waals surface area contributed by atoms with Crippen molar-refractivity contribution in [3.8, 4) is 11.3 Å². The van der Waals surface area contributed by atoms with Crippen molar-refractivity contribution < 1.29 is 9.90 Å². The highest BCUT2D eigenvalue weighted by atomic mass is 32.1. The number of fused-ring (bicyclic) bond motifs is 5. The third kappa shape index (κ3) is 4.62. The number of piperazine rings is 1. The van der Waals surface area contributed by atoms with E-state index in [4.69, 9.17) is 0 Å². The number of carboxylic acid groups (broad SMARTS) is 1. The molecular formula is C29H38N4O2S. The van der Waals surface area contributed by atoms with E-state index in [1.54, 1.807) is 0 Å². The van der Waals surface area contributed by atoms with E-state index in [-0.39, 0.29) is 0 Å². The van der Waals surface area contributed by atoms with Crippen molar-refractivity contribution in [1.29, 1.82) is 0 Å². The lowest BCUT2D eigenvalue weighted by atomic mass is 9.82. The quantitative estimate of drug-likeness (QED) is 0.517. The van der Waals surface area contributed by atoms with Crippen LogP contribution < -0.4 is 0 Å². The molecule has 6 nitrogen and oxygen atoms in total. The zero-order valence-electron chi connectivity index (χ0n) is 21.4. The Morgan fingerprint density at radius 1 is 0.972 bits per heavy atom. The molecule has 1 aliphatic carbocycles. The summed E-state index contributed by atoms with van der Waals surface area (Å²) in [6.45, 7) is 9.67. The fraction of sp³-hybridized carbons (Fsp3) is 0.552. The van der Waals surface area contributed by atoms with Crippen molar-refractivity contribution in [3.05, 3.63) is 46.3 Å². The summed E-state index contributed by atoms with van der Waals surface area (Å²) in [4.78, 5) is 20.0. The van der Waals surface area contributed by atoms with E-state index in [9.17, 15) is 9.90 Å². The summed E-state index contributed by atoms with van der Waals surface area (Å²) in [6, 6.07) is 10.9. The van der Waals surface area contributed by atoms with Gasteiger partial charge in [-0.25, -0.2) is 4.79 Å². The Morgan fingerprint density at radius 2 is 1.69 bits per heavy atom. The summed E-state index contributed by atoms with van der Waals surface area (Å²) in [5.74, 6) is -0.279. The normalized spacial score (nSPS) is 20.7. The van der Waals surface area contributed by atoms with Gasteiger partial charge < -0.3 is 14.6 Å². The Balaban J connectivity index is 1.38. The molecule has 4 heterocycles. The van der Waals surface area contributed by atoms with Crippen LogP contribution in [0.15, 0.2) is 30.3 Å². The van der Waals surface area contributed by atoms with E-state index in [1.165, 1.54) is 70.5 Å². The molecule has 0 bridgehead atoms. The molecule has 36 heavy (non-hydrogen) atoms. The molecule has 0 amide bonds. The first-order valence-electron chi connectivity index (χ1n) is 13.7. The second-order valence-corrected chi connectivity index (χ2v) is 12.0. The van der Waals surface area contributed by atoms with Gasteiger partial charge in [-0.1, -0.05) is 43.5 Å². The lowest BCUT2D eigenvalue weighted by Gasteiger charge is -2.35. The van der Waals surface area contributed by atoms with Gasteiger partial charge in [0.25, 0.3) is 0 Å². The number of aromatic carboxylic acids is 1. The van der Waals surface area contributed by atoms with Crippen molar-refractivity contribution in [1.82, 2.24) is 19.3 Å². The molecule has 0 radical (unpaired) electrons. The predicted octanol–water partition coefficient (Wildman–Crippen LogP) is 5.18. The van der Waals surface area contributed by atoms with Crippen LogP contribution in [0, 0.1) is 0 Å². The molecule has 1 N–H and O–H groups in total. The molecule has 2 fully saturated rings. The zero-order chi connectivity index (χ0) is 24.6. The van der Waals surface area contributed by atoms with Crippen LogP contribution in [-0.4, -0.2) is 83.2 Å². The van der Waals surface area contributed by atoms with Gasteiger partial charge in [-0.2, -0.15) is 0 Å². The van der Waals surface area contributed by atoms with E-state index in [1.807, 2.05) is 6.07 Å². The average molecular weight is 507 g/mol. The van der Waals surface area contributed by atoms with E-state index < -0.39 is 5.97 Å². The lowest BCUT2D eigenvalue weighted by Crippen LogP contribution is -2.47. The monoisotopic (exact) mass is 506 g/mol. The second kappa shape index (κ2) is 10.3. The van der Waals surface area contributed by atoms with Gasteiger partial charge in [0.15, 0.2) is 0 Å². The first-order valence-corrected chi connectivity index (χ1v) is 14.5. The highest BCUT2D eigenvalue weighted by Gasteiger charge is 2.31. The molecule has 6 rings (SSSR count). The van der Waals surface area contributed by atoms with E-state index in [0.29, 0.717) is 10.8 Å². The van der Waals surface area contributed by atoms with Crippen LogP contribution in [0.25, 0.3) is 21.5 Å². The maximum atomic E-state index is 11.9. The Labute approximate surface area is 218 Å². The fourth-order valence-electron chi connectivity index (χ4n) is 6.54. The molecule has 0 unspecified atom stereocenters. The van der Waals surface area contributed by atoms with Crippen molar-refractivity contribution in [2.75, 3.05) is 52.9 Å². The van der Waals surface area contributed by atoms with Crippen LogP contribution >= 0.6 is 11.3 Å². The Bertz CT molecular complexity index is 1230. The fourth-order valence-corrected chi connectivity index (χ4v) is 7.67. The third-order valence-electron chi connectivity index (χ3n) is 8.63. The SMILES string of the molecule is CN1CCN(CCN2CCn3c(c(C4CCCCC4)c4sc(C(=O)O)cc43)-c3ccccc3C2)CC1. The second-order valence-electron chi connectivity index (χ2n) is 11.0. The van der Waals surface area contributed by atoms with E-state index in [0.717, 1.165) is 64.4 Å². The maximum Gasteiger partial charge on any atom is 0.345 e. The average Bonchev–Trinajstić information content (AvgIpc) is 3.44.